The van der Waals surface area contributed by atoms with Crippen molar-refractivity contribution in [3.63, 3.8) is 0 Å². The Kier molecular flexibility index (Phi) is 10.3. The van der Waals surface area contributed by atoms with Gasteiger partial charge < -0.3 is 5.11 Å². The van der Waals surface area contributed by atoms with Crippen LogP contribution < -0.4 is 0 Å². The van der Waals surface area contributed by atoms with E-state index in [0.29, 0.717) is 5.02 Å². The molecule has 0 aliphatic carbocycles. The van der Waals surface area contributed by atoms with E-state index in [1.165, 1.54) is 44.9 Å². The quantitative estimate of drug-likeness (QED) is 0.351. The SMILES string of the molecule is CCCCCCCCCCC(c1ccc(Cl)cc1)C(O)c1ccc(Cl)cc1. The maximum Gasteiger partial charge on any atom is 0.0858 e. The number of unbranched alkanes of at least 4 members (excludes halogenated alkanes) is 7. The van der Waals surface area contributed by atoms with Crippen molar-refractivity contribution >= 4 is 23.2 Å². The molecule has 0 heterocycles. The number of hydrogen-bond donors (Lipinski definition) is 1. The lowest BCUT2D eigenvalue weighted by molar-refractivity contribution is 0.138. The lowest BCUT2D eigenvalue weighted by Crippen LogP contribution is -2.11. The summed E-state index contributed by atoms with van der Waals surface area (Å²) in [4.78, 5) is 0. The Balaban J connectivity index is 1.94. The molecular weight excluding hydrogens is 375 g/mol. The molecular formula is C24H32Cl2O. The average molecular weight is 407 g/mol. The molecule has 27 heavy (non-hydrogen) atoms. The van der Waals surface area contributed by atoms with Gasteiger partial charge >= 0.3 is 0 Å². The third-order valence-corrected chi connectivity index (χ3v) is 5.76. The zero-order valence-corrected chi connectivity index (χ0v) is 17.9. The minimum absolute atomic E-state index is 0.0727. The summed E-state index contributed by atoms with van der Waals surface area (Å²) in [6.07, 6.45) is 10.8. The zero-order chi connectivity index (χ0) is 19.5. The normalized spacial score (nSPS) is 13.5. The summed E-state index contributed by atoms with van der Waals surface area (Å²) in [7, 11) is 0. The molecule has 2 unspecified atom stereocenters. The highest BCUT2D eigenvalue weighted by Gasteiger charge is 2.22. The minimum atomic E-state index is -0.534. The first-order chi connectivity index (χ1) is 13.1. The minimum Gasteiger partial charge on any atom is -0.388 e. The van der Waals surface area contributed by atoms with Gasteiger partial charge in [-0.25, -0.2) is 0 Å². The molecule has 1 N–H and O–H groups in total. The van der Waals surface area contributed by atoms with E-state index >= 15 is 0 Å². The maximum atomic E-state index is 11.0. The summed E-state index contributed by atoms with van der Waals surface area (Å²) < 4.78 is 0. The number of rotatable bonds is 12. The number of halogens is 2. The van der Waals surface area contributed by atoms with Gasteiger partial charge in [-0.1, -0.05) is 106 Å². The highest BCUT2D eigenvalue weighted by molar-refractivity contribution is 6.30. The molecule has 2 rings (SSSR count). The van der Waals surface area contributed by atoms with Crippen molar-refractivity contribution < 1.29 is 5.11 Å². The molecule has 2 aromatic carbocycles. The highest BCUT2D eigenvalue weighted by Crippen LogP contribution is 2.36. The number of hydrogen-bond acceptors (Lipinski definition) is 1. The molecule has 0 bridgehead atoms. The predicted molar refractivity (Wildman–Crippen MR) is 118 cm³/mol. The van der Waals surface area contributed by atoms with Crippen LogP contribution in [0.1, 0.15) is 87.9 Å². The van der Waals surface area contributed by atoms with Gasteiger partial charge in [0.05, 0.1) is 6.10 Å². The van der Waals surface area contributed by atoms with Crippen LogP contribution in [0.3, 0.4) is 0 Å². The first-order valence-corrected chi connectivity index (χ1v) is 11.1. The number of benzene rings is 2. The van der Waals surface area contributed by atoms with Crippen molar-refractivity contribution in [2.45, 2.75) is 76.7 Å². The molecule has 2 atom stereocenters. The van der Waals surface area contributed by atoms with Crippen LogP contribution >= 0.6 is 23.2 Å². The number of aliphatic hydroxyl groups is 1. The second-order valence-electron chi connectivity index (χ2n) is 7.42. The van der Waals surface area contributed by atoms with E-state index in [1.807, 2.05) is 48.5 Å². The van der Waals surface area contributed by atoms with Crippen molar-refractivity contribution in [3.8, 4) is 0 Å². The fourth-order valence-electron chi connectivity index (χ4n) is 3.61. The predicted octanol–water partition coefficient (Wildman–Crippen LogP) is 8.34. The van der Waals surface area contributed by atoms with Crippen molar-refractivity contribution in [2.75, 3.05) is 0 Å². The fourth-order valence-corrected chi connectivity index (χ4v) is 3.86. The average Bonchev–Trinajstić information content (AvgIpc) is 2.68. The molecule has 0 aliphatic heterocycles. The van der Waals surface area contributed by atoms with Gasteiger partial charge in [0.1, 0.15) is 0 Å². The van der Waals surface area contributed by atoms with Crippen LogP contribution in [-0.2, 0) is 0 Å². The second-order valence-corrected chi connectivity index (χ2v) is 8.29. The molecule has 3 heteroatoms. The Bertz CT molecular complexity index is 636. The first kappa shape index (κ1) is 22.3. The van der Waals surface area contributed by atoms with Gasteiger partial charge in [-0.05, 0) is 41.8 Å². The molecule has 0 saturated carbocycles. The molecule has 148 valence electrons. The molecule has 0 fully saturated rings. The summed E-state index contributed by atoms with van der Waals surface area (Å²) in [6.45, 7) is 2.25. The van der Waals surface area contributed by atoms with Gasteiger partial charge in [-0.2, -0.15) is 0 Å². The van der Waals surface area contributed by atoms with Gasteiger partial charge in [0.15, 0.2) is 0 Å². The van der Waals surface area contributed by atoms with Gasteiger partial charge in [0, 0.05) is 16.0 Å². The third-order valence-electron chi connectivity index (χ3n) is 5.26. The van der Waals surface area contributed by atoms with Gasteiger partial charge in [-0.3, -0.25) is 0 Å². The summed E-state index contributed by atoms with van der Waals surface area (Å²) in [5.74, 6) is 0.0727. The molecule has 0 spiro atoms. The van der Waals surface area contributed by atoms with Crippen LogP contribution in [0.5, 0.6) is 0 Å². The van der Waals surface area contributed by atoms with Gasteiger partial charge in [-0.15, -0.1) is 0 Å². The Morgan fingerprint density at radius 1 is 0.667 bits per heavy atom. The van der Waals surface area contributed by atoms with E-state index in [4.69, 9.17) is 23.2 Å². The molecule has 0 aliphatic rings. The van der Waals surface area contributed by atoms with Crippen LogP contribution in [0.4, 0.5) is 0 Å². The standard InChI is InChI=1S/C24H32Cl2O/c1-2-3-4-5-6-7-8-9-10-23(19-11-15-21(25)16-12-19)24(27)20-13-17-22(26)18-14-20/h11-18,23-24,27H,2-10H2,1H3. The molecule has 2 aromatic rings. The molecule has 0 aromatic heterocycles. The Hall–Kier alpha value is -1.02. The molecule has 0 saturated heterocycles. The lowest BCUT2D eigenvalue weighted by Gasteiger charge is -2.24. The Morgan fingerprint density at radius 2 is 1.11 bits per heavy atom. The highest BCUT2D eigenvalue weighted by atomic mass is 35.5. The summed E-state index contributed by atoms with van der Waals surface area (Å²) in [5.41, 5.74) is 2.06. The Labute approximate surface area is 174 Å². The van der Waals surface area contributed by atoms with Crippen molar-refractivity contribution in [1.29, 1.82) is 0 Å². The van der Waals surface area contributed by atoms with E-state index in [2.05, 4.69) is 6.92 Å². The third kappa shape index (κ3) is 7.86. The van der Waals surface area contributed by atoms with Crippen molar-refractivity contribution in [1.82, 2.24) is 0 Å². The van der Waals surface area contributed by atoms with Crippen LogP contribution in [0, 0.1) is 0 Å². The largest absolute Gasteiger partial charge is 0.388 e. The summed E-state index contributed by atoms with van der Waals surface area (Å²) in [5, 5.41) is 12.4. The summed E-state index contributed by atoms with van der Waals surface area (Å²) in [6, 6.07) is 15.4. The van der Waals surface area contributed by atoms with Crippen LogP contribution in [0.25, 0.3) is 0 Å². The molecule has 0 radical (unpaired) electrons. The van der Waals surface area contributed by atoms with E-state index in [9.17, 15) is 5.11 Å². The van der Waals surface area contributed by atoms with Gasteiger partial charge in [0.25, 0.3) is 0 Å². The number of aliphatic hydroxyl groups excluding tert-OH is 1. The van der Waals surface area contributed by atoms with Crippen LogP contribution in [0.15, 0.2) is 48.5 Å². The first-order valence-electron chi connectivity index (χ1n) is 10.3. The van der Waals surface area contributed by atoms with Gasteiger partial charge in [0.2, 0.25) is 0 Å². The van der Waals surface area contributed by atoms with E-state index < -0.39 is 6.10 Å². The Morgan fingerprint density at radius 3 is 1.63 bits per heavy atom. The molecule has 0 amide bonds. The lowest BCUT2D eigenvalue weighted by atomic mass is 9.85. The van der Waals surface area contributed by atoms with Crippen LogP contribution in [0.2, 0.25) is 10.0 Å². The maximum absolute atomic E-state index is 11.0. The van der Waals surface area contributed by atoms with E-state index in [-0.39, 0.29) is 5.92 Å². The monoisotopic (exact) mass is 406 g/mol. The molecule has 1 nitrogen and oxygen atoms in total. The van der Waals surface area contributed by atoms with Crippen molar-refractivity contribution in [2.24, 2.45) is 0 Å². The smallest absolute Gasteiger partial charge is 0.0858 e. The van der Waals surface area contributed by atoms with Crippen molar-refractivity contribution in [3.05, 3.63) is 69.7 Å². The summed E-state index contributed by atoms with van der Waals surface area (Å²) >= 11 is 12.0. The second kappa shape index (κ2) is 12.4. The van der Waals surface area contributed by atoms with E-state index in [0.717, 1.165) is 29.0 Å². The topological polar surface area (TPSA) is 20.2 Å². The van der Waals surface area contributed by atoms with Crippen LogP contribution in [-0.4, -0.2) is 5.11 Å². The fraction of sp³-hybridized carbons (Fsp3) is 0.500. The zero-order valence-electron chi connectivity index (χ0n) is 16.3. The van der Waals surface area contributed by atoms with E-state index in [1.54, 1.807) is 0 Å².